The Hall–Kier alpha value is -2.77. The van der Waals surface area contributed by atoms with Gasteiger partial charge in [-0.25, -0.2) is 0 Å². The van der Waals surface area contributed by atoms with Crippen LogP contribution in [-0.2, 0) is 14.3 Å². The lowest BCUT2D eigenvalue weighted by atomic mass is 9.99. The van der Waals surface area contributed by atoms with Gasteiger partial charge in [-0.05, 0) is 43.2 Å². The number of hydrogen-bond donors (Lipinski definition) is 1. The Morgan fingerprint density at radius 1 is 1.34 bits per heavy atom. The molecule has 2 atom stereocenters. The van der Waals surface area contributed by atoms with Crippen LogP contribution in [0.25, 0.3) is 5.76 Å². The van der Waals surface area contributed by atoms with E-state index in [9.17, 15) is 14.7 Å². The highest BCUT2D eigenvalue weighted by Crippen LogP contribution is 2.41. The van der Waals surface area contributed by atoms with E-state index in [0.717, 1.165) is 12.8 Å². The van der Waals surface area contributed by atoms with Gasteiger partial charge < -0.3 is 23.9 Å². The van der Waals surface area contributed by atoms with Gasteiger partial charge in [-0.2, -0.15) is 0 Å². The molecule has 8 heteroatoms. The van der Waals surface area contributed by atoms with Gasteiger partial charge in [-0.15, -0.1) is 0 Å². The Bertz CT molecular complexity index is 962. The zero-order valence-electron chi connectivity index (χ0n) is 15.8. The summed E-state index contributed by atoms with van der Waals surface area (Å²) in [6, 6.07) is 7.18. The molecule has 1 aromatic heterocycles. The first kappa shape index (κ1) is 19.5. The molecule has 2 saturated heterocycles. The Kier molecular flexibility index (Phi) is 5.34. The molecule has 2 aliphatic heterocycles. The molecule has 1 N–H and O–H groups in total. The molecule has 29 heavy (non-hydrogen) atoms. The van der Waals surface area contributed by atoms with Crippen molar-refractivity contribution in [3.05, 3.63) is 58.5 Å². The van der Waals surface area contributed by atoms with E-state index in [-0.39, 0.29) is 34.6 Å². The number of rotatable bonds is 5. The molecule has 2 aromatic rings. The molecule has 2 unspecified atom stereocenters. The van der Waals surface area contributed by atoms with Crippen molar-refractivity contribution in [2.24, 2.45) is 0 Å². The number of Topliss-reactive ketones (excluding diaryl/α,β-unsaturated/α-hetero) is 1. The number of amides is 1. The number of methoxy groups -OCH3 is 1. The van der Waals surface area contributed by atoms with Gasteiger partial charge in [0.2, 0.25) is 0 Å². The Morgan fingerprint density at radius 3 is 2.83 bits per heavy atom. The highest BCUT2D eigenvalue weighted by atomic mass is 35.5. The third kappa shape index (κ3) is 3.52. The van der Waals surface area contributed by atoms with Gasteiger partial charge in [0.05, 0.1) is 30.1 Å². The zero-order chi connectivity index (χ0) is 20.5. The molecule has 0 radical (unpaired) electrons. The van der Waals surface area contributed by atoms with E-state index in [1.807, 2.05) is 0 Å². The van der Waals surface area contributed by atoms with Crippen molar-refractivity contribution < 1.29 is 28.6 Å². The van der Waals surface area contributed by atoms with E-state index in [4.69, 9.17) is 25.5 Å². The van der Waals surface area contributed by atoms with Gasteiger partial charge in [0.25, 0.3) is 11.7 Å². The summed E-state index contributed by atoms with van der Waals surface area (Å²) >= 11 is 6.25. The van der Waals surface area contributed by atoms with Gasteiger partial charge in [-0.1, -0.05) is 11.6 Å². The monoisotopic (exact) mass is 417 g/mol. The summed E-state index contributed by atoms with van der Waals surface area (Å²) in [5.41, 5.74) is 0.135. The van der Waals surface area contributed by atoms with Crippen LogP contribution in [0.1, 0.15) is 30.2 Å². The van der Waals surface area contributed by atoms with Gasteiger partial charge in [0.15, 0.2) is 0 Å². The van der Waals surface area contributed by atoms with Crippen LogP contribution in [0.3, 0.4) is 0 Å². The summed E-state index contributed by atoms with van der Waals surface area (Å²) < 4.78 is 16.3. The Morgan fingerprint density at radius 2 is 2.17 bits per heavy atom. The average Bonchev–Trinajstić information content (AvgIpc) is 3.47. The van der Waals surface area contributed by atoms with Crippen LogP contribution in [0, 0.1) is 0 Å². The molecular weight excluding hydrogens is 398 g/mol. The zero-order valence-corrected chi connectivity index (χ0v) is 16.5. The van der Waals surface area contributed by atoms with Crippen LogP contribution in [0.5, 0.6) is 5.75 Å². The molecule has 4 rings (SSSR count). The van der Waals surface area contributed by atoms with Crippen LogP contribution in [0.2, 0.25) is 5.02 Å². The fraction of sp³-hybridized carbons (Fsp3) is 0.333. The molecular formula is C21H20ClNO6. The second kappa shape index (κ2) is 7.93. The molecule has 2 aliphatic rings. The minimum Gasteiger partial charge on any atom is -0.507 e. The van der Waals surface area contributed by atoms with E-state index in [2.05, 4.69) is 0 Å². The number of ether oxygens (including phenoxy) is 2. The number of carbonyl (C=O) groups excluding carboxylic acids is 2. The number of likely N-dealkylation sites (tertiary alicyclic amines) is 1. The molecule has 0 spiro atoms. The first-order valence-electron chi connectivity index (χ1n) is 9.28. The predicted octanol–water partition coefficient (Wildman–Crippen LogP) is 3.54. The van der Waals surface area contributed by atoms with Crippen LogP contribution < -0.4 is 4.74 Å². The molecule has 0 saturated carbocycles. The third-order valence-electron chi connectivity index (χ3n) is 5.21. The summed E-state index contributed by atoms with van der Waals surface area (Å²) in [4.78, 5) is 27.1. The first-order chi connectivity index (χ1) is 14.0. The summed E-state index contributed by atoms with van der Waals surface area (Å²) in [6.07, 6.45) is 3.00. The van der Waals surface area contributed by atoms with Crippen LogP contribution >= 0.6 is 11.6 Å². The number of benzene rings is 1. The maximum Gasteiger partial charge on any atom is 0.295 e. The standard InChI is InChI=1S/C21H20ClNO6/c1-27-12-6-7-15(22)14(10-12)19(24)17-18(16-5-3-9-29-16)23(21(26)20(17)25)11-13-4-2-8-28-13/h3,5-7,9-10,13,18,24H,2,4,8,11H2,1H3/b19-17-. The number of aliphatic hydroxyl groups excluding tert-OH is 1. The quantitative estimate of drug-likeness (QED) is 0.454. The number of hydrogen-bond acceptors (Lipinski definition) is 6. The fourth-order valence-corrected chi connectivity index (χ4v) is 3.98. The SMILES string of the molecule is COc1ccc(Cl)c(/C(O)=C2/C(=O)C(=O)N(CC3CCCO3)C2c2ccco2)c1. The predicted molar refractivity (Wildman–Crippen MR) is 105 cm³/mol. The lowest BCUT2D eigenvalue weighted by Crippen LogP contribution is -2.36. The molecule has 3 heterocycles. The van der Waals surface area contributed by atoms with E-state index in [1.165, 1.54) is 24.3 Å². The van der Waals surface area contributed by atoms with Crippen molar-refractivity contribution in [3.8, 4) is 5.75 Å². The van der Waals surface area contributed by atoms with Gasteiger partial charge >= 0.3 is 0 Å². The molecule has 2 fully saturated rings. The fourth-order valence-electron chi connectivity index (χ4n) is 3.78. The molecule has 1 amide bonds. The van der Waals surface area contributed by atoms with Crippen molar-refractivity contribution in [2.45, 2.75) is 25.0 Å². The van der Waals surface area contributed by atoms with E-state index < -0.39 is 17.7 Å². The normalized spacial score (nSPS) is 23.7. The Labute approximate surface area is 172 Å². The van der Waals surface area contributed by atoms with Crippen LogP contribution in [0.4, 0.5) is 0 Å². The summed E-state index contributed by atoms with van der Waals surface area (Å²) in [5.74, 6) is -1.03. The van der Waals surface area contributed by atoms with Crippen molar-refractivity contribution in [1.82, 2.24) is 4.90 Å². The minimum atomic E-state index is -0.864. The summed E-state index contributed by atoms with van der Waals surface area (Å²) in [7, 11) is 1.48. The number of carbonyl (C=O) groups is 2. The number of halogens is 1. The van der Waals surface area contributed by atoms with E-state index >= 15 is 0 Å². The maximum atomic E-state index is 12.9. The van der Waals surface area contributed by atoms with Crippen LogP contribution in [0.15, 0.2) is 46.6 Å². The molecule has 152 valence electrons. The average molecular weight is 418 g/mol. The summed E-state index contributed by atoms with van der Waals surface area (Å²) in [6.45, 7) is 0.859. The van der Waals surface area contributed by atoms with Crippen molar-refractivity contribution in [3.63, 3.8) is 0 Å². The van der Waals surface area contributed by atoms with Crippen LogP contribution in [-0.4, -0.2) is 48.1 Å². The lowest BCUT2D eigenvalue weighted by Gasteiger charge is -2.25. The molecule has 0 bridgehead atoms. The Balaban J connectivity index is 1.83. The highest BCUT2D eigenvalue weighted by molar-refractivity contribution is 6.47. The summed E-state index contributed by atoms with van der Waals surface area (Å²) in [5, 5.41) is 11.3. The highest BCUT2D eigenvalue weighted by Gasteiger charge is 2.48. The smallest absolute Gasteiger partial charge is 0.295 e. The van der Waals surface area contributed by atoms with Gasteiger partial charge in [-0.3, -0.25) is 9.59 Å². The molecule has 0 aliphatic carbocycles. The van der Waals surface area contributed by atoms with Crippen molar-refractivity contribution in [2.75, 3.05) is 20.3 Å². The number of nitrogens with zero attached hydrogens (tertiary/aromatic N) is 1. The minimum absolute atomic E-state index is 0.0712. The molecule has 1 aromatic carbocycles. The first-order valence-corrected chi connectivity index (χ1v) is 9.66. The number of furan rings is 1. The molecule has 7 nitrogen and oxygen atoms in total. The third-order valence-corrected chi connectivity index (χ3v) is 5.54. The van der Waals surface area contributed by atoms with Crippen molar-refractivity contribution in [1.29, 1.82) is 0 Å². The number of ketones is 1. The van der Waals surface area contributed by atoms with E-state index in [0.29, 0.717) is 18.1 Å². The van der Waals surface area contributed by atoms with Gasteiger partial charge in [0.1, 0.15) is 23.3 Å². The van der Waals surface area contributed by atoms with E-state index in [1.54, 1.807) is 24.3 Å². The lowest BCUT2D eigenvalue weighted by molar-refractivity contribution is -0.141. The maximum absolute atomic E-state index is 12.9. The van der Waals surface area contributed by atoms with Gasteiger partial charge in [0, 0.05) is 18.7 Å². The second-order valence-corrected chi connectivity index (χ2v) is 7.35. The number of aliphatic hydroxyl groups is 1. The van der Waals surface area contributed by atoms with Crippen molar-refractivity contribution >= 4 is 29.1 Å². The topological polar surface area (TPSA) is 89.2 Å². The largest absolute Gasteiger partial charge is 0.507 e. The second-order valence-electron chi connectivity index (χ2n) is 6.95.